The summed E-state index contributed by atoms with van der Waals surface area (Å²) in [5.41, 5.74) is 3.51. The molecule has 0 fully saturated rings. The third-order valence-corrected chi connectivity index (χ3v) is 5.59. The van der Waals surface area contributed by atoms with Gasteiger partial charge in [-0.2, -0.15) is 9.41 Å². The summed E-state index contributed by atoms with van der Waals surface area (Å²) in [5, 5.41) is 6.37. The summed E-state index contributed by atoms with van der Waals surface area (Å²) < 4.78 is 31.1. The molecule has 29 heavy (non-hydrogen) atoms. The highest BCUT2D eigenvalue weighted by atomic mass is 32.2. The molecule has 0 radical (unpaired) electrons. The standard InChI is InChI=1S/C19H22N4O5S/c1-14(24)21-16-6-10-18(11-7-16)29(26,27)23(2)13-19(25)22-20-12-15-4-8-17(28-3)9-5-15/h4-12H,13H2,1-3H3,(H,21,24)(H,22,25)/b20-12-. The van der Waals surface area contributed by atoms with Crippen LogP contribution >= 0.6 is 0 Å². The van der Waals surface area contributed by atoms with Gasteiger partial charge in [-0.05, 0) is 54.1 Å². The average molecular weight is 418 g/mol. The first kappa shape index (κ1) is 22.1. The summed E-state index contributed by atoms with van der Waals surface area (Å²) in [6.07, 6.45) is 1.44. The van der Waals surface area contributed by atoms with Gasteiger partial charge < -0.3 is 10.1 Å². The molecular formula is C19H22N4O5S. The number of carbonyl (C=O) groups excluding carboxylic acids is 2. The SMILES string of the molecule is COc1ccc(/C=N\NC(=O)CN(C)S(=O)(=O)c2ccc(NC(C)=O)cc2)cc1. The fraction of sp³-hybridized carbons (Fsp3) is 0.211. The van der Waals surface area contributed by atoms with Crippen LogP contribution in [0.1, 0.15) is 12.5 Å². The first-order chi connectivity index (χ1) is 13.7. The topological polar surface area (TPSA) is 117 Å². The summed E-state index contributed by atoms with van der Waals surface area (Å²) in [5.74, 6) is -0.150. The number of carbonyl (C=O) groups is 2. The molecule has 0 aromatic heterocycles. The van der Waals surface area contributed by atoms with Crippen molar-refractivity contribution in [2.24, 2.45) is 5.10 Å². The predicted molar refractivity (Wildman–Crippen MR) is 109 cm³/mol. The number of benzene rings is 2. The zero-order valence-corrected chi connectivity index (χ0v) is 17.1. The average Bonchev–Trinajstić information content (AvgIpc) is 2.68. The smallest absolute Gasteiger partial charge is 0.255 e. The number of sulfonamides is 1. The molecule has 0 saturated carbocycles. The Kier molecular flexibility index (Phi) is 7.46. The molecule has 0 heterocycles. The van der Waals surface area contributed by atoms with Gasteiger partial charge in [-0.1, -0.05) is 0 Å². The van der Waals surface area contributed by atoms with Crippen molar-refractivity contribution >= 4 is 33.7 Å². The van der Waals surface area contributed by atoms with Gasteiger partial charge in [0.05, 0.1) is 24.8 Å². The number of hydrogen-bond donors (Lipinski definition) is 2. The van der Waals surface area contributed by atoms with E-state index in [-0.39, 0.29) is 10.8 Å². The van der Waals surface area contributed by atoms with Gasteiger partial charge in [0.15, 0.2) is 0 Å². The van der Waals surface area contributed by atoms with Crippen LogP contribution in [0.5, 0.6) is 5.75 Å². The van der Waals surface area contributed by atoms with Crippen LogP contribution in [-0.2, 0) is 19.6 Å². The molecule has 2 aromatic carbocycles. The predicted octanol–water partition coefficient (Wildman–Crippen LogP) is 1.42. The second-order valence-corrected chi connectivity index (χ2v) is 8.08. The lowest BCUT2D eigenvalue weighted by molar-refractivity contribution is -0.121. The van der Waals surface area contributed by atoms with E-state index < -0.39 is 22.5 Å². The molecule has 0 aliphatic heterocycles. The molecular weight excluding hydrogens is 396 g/mol. The summed E-state index contributed by atoms with van der Waals surface area (Å²) in [4.78, 5) is 23.0. The maximum atomic E-state index is 12.6. The highest BCUT2D eigenvalue weighted by molar-refractivity contribution is 7.89. The van der Waals surface area contributed by atoms with E-state index in [0.29, 0.717) is 11.4 Å². The van der Waals surface area contributed by atoms with Crippen LogP contribution in [0.25, 0.3) is 0 Å². The van der Waals surface area contributed by atoms with Gasteiger partial charge in [0.2, 0.25) is 15.9 Å². The molecule has 2 amide bonds. The maximum Gasteiger partial charge on any atom is 0.255 e. The van der Waals surface area contributed by atoms with Gasteiger partial charge in [0.1, 0.15) is 5.75 Å². The molecule has 9 nitrogen and oxygen atoms in total. The maximum absolute atomic E-state index is 12.6. The Hall–Kier alpha value is -3.24. The first-order valence-corrected chi connectivity index (χ1v) is 9.96. The van der Waals surface area contributed by atoms with Crippen LogP contribution in [0.4, 0.5) is 5.69 Å². The molecule has 2 N–H and O–H groups in total. The molecule has 2 rings (SSSR count). The van der Waals surface area contributed by atoms with E-state index in [1.807, 2.05) is 0 Å². The van der Waals surface area contributed by atoms with Gasteiger partial charge in [0.25, 0.3) is 5.91 Å². The number of hydrogen-bond acceptors (Lipinski definition) is 6. The van der Waals surface area contributed by atoms with Crippen molar-refractivity contribution in [3.8, 4) is 5.75 Å². The Morgan fingerprint density at radius 2 is 1.72 bits per heavy atom. The van der Waals surface area contributed by atoms with Gasteiger partial charge in [-0.3, -0.25) is 9.59 Å². The summed E-state index contributed by atoms with van der Waals surface area (Å²) in [6, 6.07) is 12.7. The lowest BCUT2D eigenvalue weighted by atomic mass is 10.2. The van der Waals surface area contributed by atoms with E-state index in [0.717, 1.165) is 9.87 Å². The lowest BCUT2D eigenvalue weighted by Gasteiger charge is -2.16. The largest absolute Gasteiger partial charge is 0.497 e. The number of nitrogens with one attached hydrogen (secondary N) is 2. The van der Waals surface area contributed by atoms with E-state index in [4.69, 9.17) is 4.74 Å². The fourth-order valence-corrected chi connectivity index (χ4v) is 3.41. The number of methoxy groups -OCH3 is 1. The van der Waals surface area contributed by atoms with Gasteiger partial charge in [0, 0.05) is 19.7 Å². The van der Waals surface area contributed by atoms with Gasteiger partial charge in [-0.15, -0.1) is 0 Å². The zero-order chi connectivity index (χ0) is 21.4. The zero-order valence-electron chi connectivity index (χ0n) is 16.2. The number of rotatable bonds is 8. The number of ether oxygens (including phenoxy) is 1. The van der Waals surface area contributed by atoms with E-state index in [1.54, 1.807) is 31.4 Å². The van der Waals surface area contributed by atoms with Crippen molar-refractivity contribution in [3.05, 3.63) is 54.1 Å². The van der Waals surface area contributed by atoms with Crippen molar-refractivity contribution in [1.82, 2.24) is 9.73 Å². The van der Waals surface area contributed by atoms with E-state index >= 15 is 0 Å². The van der Waals surface area contributed by atoms with Crippen molar-refractivity contribution in [1.29, 1.82) is 0 Å². The Morgan fingerprint density at radius 3 is 2.28 bits per heavy atom. The number of hydrazone groups is 1. The second kappa shape index (κ2) is 9.80. The van der Waals surface area contributed by atoms with Crippen molar-refractivity contribution in [3.63, 3.8) is 0 Å². The van der Waals surface area contributed by atoms with Crippen LogP contribution in [0.2, 0.25) is 0 Å². The normalized spacial score (nSPS) is 11.4. The molecule has 10 heteroatoms. The highest BCUT2D eigenvalue weighted by Gasteiger charge is 2.22. The lowest BCUT2D eigenvalue weighted by Crippen LogP contribution is -2.36. The third-order valence-electron chi connectivity index (χ3n) is 3.77. The molecule has 0 unspecified atom stereocenters. The van der Waals surface area contributed by atoms with Crippen LogP contribution in [0, 0.1) is 0 Å². The monoisotopic (exact) mass is 418 g/mol. The van der Waals surface area contributed by atoms with Crippen LogP contribution in [0.15, 0.2) is 58.5 Å². The number of anilines is 1. The minimum atomic E-state index is -3.87. The molecule has 2 aromatic rings. The molecule has 0 aliphatic rings. The Bertz CT molecular complexity index is 986. The minimum Gasteiger partial charge on any atom is -0.497 e. The Morgan fingerprint density at radius 1 is 1.10 bits per heavy atom. The van der Waals surface area contributed by atoms with Crippen LogP contribution in [0.3, 0.4) is 0 Å². The van der Waals surface area contributed by atoms with E-state index in [1.165, 1.54) is 44.5 Å². The van der Waals surface area contributed by atoms with Crippen LogP contribution < -0.4 is 15.5 Å². The summed E-state index contributed by atoms with van der Waals surface area (Å²) >= 11 is 0. The number of amides is 2. The molecule has 154 valence electrons. The Balaban J connectivity index is 1.94. The fourth-order valence-electron chi connectivity index (χ4n) is 2.28. The summed E-state index contributed by atoms with van der Waals surface area (Å²) in [6.45, 7) is 0.948. The Labute approximate surface area is 169 Å². The minimum absolute atomic E-state index is 0.00337. The second-order valence-electron chi connectivity index (χ2n) is 6.03. The molecule has 0 atom stereocenters. The van der Waals surface area contributed by atoms with Crippen molar-refractivity contribution < 1.29 is 22.7 Å². The molecule has 0 saturated heterocycles. The number of likely N-dealkylation sites (N-methyl/N-ethyl adjacent to an activating group) is 1. The third kappa shape index (κ3) is 6.40. The molecule has 0 bridgehead atoms. The quantitative estimate of drug-likeness (QED) is 0.497. The van der Waals surface area contributed by atoms with Crippen molar-refractivity contribution in [2.45, 2.75) is 11.8 Å². The molecule has 0 aliphatic carbocycles. The number of nitrogens with zero attached hydrogens (tertiary/aromatic N) is 2. The van der Waals surface area contributed by atoms with E-state index in [9.17, 15) is 18.0 Å². The van der Waals surface area contributed by atoms with Crippen molar-refractivity contribution in [2.75, 3.05) is 26.0 Å². The van der Waals surface area contributed by atoms with E-state index in [2.05, 4.69) is 15.8 Å². The van der Waals surface area contributed by atoms with Gasteiger partial charge in [-0.25, -0.2) is 13.8 Å². The first-order valence-electron chi connectivity index (χ1n) is 8.52. The molecule has 0 spiro atoms. The van der Waals surface area contributed by atoms with Gasteiger partial charge >= 0.3 is 0 Å². The summed E-state index contributed by atoms with van der Waals surface area (Å²) in [7, 11) is -1.01. The highest BCUT2D eigenvalue weighted by Crippen LogP contribution is 2.17. The van der Waals surface area contributed by atoms with Crippen LogP contribution in [-0.4, -0.2) is 51.5 Å².